The summed E-state index contributed by atoms with van der Waals surface area (Å²) in [5.41, 5.74) is 4.10. The standard InChI is InChI=1S/C21H32N6O2.HI/c1-14(13-19-15(2)26-27(5)16(19)3)25-21(22-4)24-12-11-23-20(28)17-7-9-18(29-6)10-8-17;/h7-10,14H,11-13H2,1-6H3,(H,23,28)(H2,22,24,25);1H. The molecule has 1 heterocycles. The molecule has 1 amide bonds. The van der Waals surface area contributed by atoms with Gasteiger partial charge in [-0.1, -0.05) is 0 Å². The van der Waals surface area contributed by atoms with Crippen molar-refractivity contribution < 1.29 is 9.53 Å². The fourth-order valence-corrected chi connectivity index (χ4v) is 3.10. The van der Waals surface area contributed by atoms with Gasteiger partial charge in [-0.05, 0) is 57.0 Å². The number of nitrogens with zero attached hydrogens (tertiary/aromatic N) is 3. The van der Waals surface area contributed by atoms with E-state index in [0.29, 0.717) is 24.6 Å². The second kappa shape index (κ2) is 12.4. The fraction of sp³-hybridized carbons (Fsp3) is 0.476. The number of benzene rings is 1. The quantitative estimate of drug-likeness (QED) is 0.212. The molecule has 0 aliphatic heterocycles. The highest BCUT2D eigenvalue weighted by atomic mass is 127. The lowest BCUT2D eigenvalue weighted by atomic mass is 10.1. The number of hydrogen-bond acceptors (Lipinski definition) is 4. The Kier molecular flexibility index (Phi) is 10.6. The Morgan fingerprint density at radius 2 is 1.83 bits per heavy atom. The van der Waals surface area contributed by atoms with Crippen molar-refractivity contribution in [1.82, 2.24) is 25.7 Å². The number of halogens is 1. The summed E-state index contributed by atoms with van der Waals surface area (Å²) in [6, 6.07) is 7.22. The van der Waals surface area contributed by atoms with Crippen LogP contribution in [0.5, 0.6) is 5.75 Å². The van der Waals surface area contributed by atoms with Gasteiger partial charge in [0.25, 0.3) is 5.91 Å². The third kappa shape index (κ3) is 7.19. The lowest BCUT2D eigenvalue weighted by Gasteiger charge is -2.18. The van der Waals surface area contributed by atoms with Crippen molar-refractivity contribution in [2.75, 3.05) is 27.2 Å². The van der Waals surface area contributed by atoms with E-state index < -0.39 is 0 Å². The number of methoxy groups -OCH3 is 1. The van der Waals surface area contributed by atoms with Gasteiger partial charge in [0, 0.05) is 44.5 Å². The first-order valence-corrected chi connectivity index (χ1v) is 9.74. The third-order valence-corrected chi connectivity index (χ3v) is 4.83. The largest absolute Gasteiger partial charge is 0.497 e. The van der Waals surface area contributed by atoms with Crippen LogP contribution in [0.15, 0.2) is 29.3 Å². The van der Waals surface area contributed by atoms with Gasteiger partial charge in [0.15, 0.2) is 5.96 Å². The number of aryl methyl sites for hydroxylation is 2. The Balaban J connectivity index is 0.00000450. The van der Waals surface area contributed by atoms with E-state index >= 15 is 0 Å². The number of ether oxygens (including phenoxy) is 1. The normalized spacial score (nSPS) is 12.0. The maximum absolute atomic E-state index is 12.2. The van der Waals surface area contributed by atoms with E-state index in [1.54, 1.807) is 38.4 Å². The van der Waals surface area contributed by atoms with Gasteiger partial charge in [-0.2, -0.15) is 5.10 Å². The second-order valence-electron chi connectivity index (χ2n) is 7.01. The van der Waals surface area contributed by atoms with Gasteiger partial charge in [0.2, 0.25) is 0 Å². The number of aliphatic imine (C=N–C) groups is 1. The molecule has 0 radical (unpaired) electrons. The summed E-state index contributed by atoms with van der Waals surface area (Å²) in [5, 5.41) is 14.0. The second-order valence-corrected chi connectivity index (χ2v) is 7.01. The molecule has 3 N–H and O–H groups in total. The number of aromatic nitrogens is 2. The number of guanidine groups is 1. The Hall–Kier alpha value is -2.30. The van der Waals surface area contributed by atoms with Crippen molar-refractivity contribution in [2.45, 2.75) is 33.2 Å². The molecule has 1 atom stereocenters. The van der Waals surface area contributed by atoms with E-state index in [1.807, 2.05) is 18.7 Å². The summed E-state index contributed by atoms with van der Waals surface area (Å²) in [6.45, 7) is 7.29. The molecule has 0 fully saturated rings. The van der Waals surface area contributed by atoms with Gasteiger partial charge < -0.3 is 20.7 Å². The molecule has 0 saturated heterocycles. The molecule has 0 aliphatic rings. The zero-order chi connectivity index (χ0) is 21.4. The van der Waals surface area contributed by atoms with Crippen molar-refractivity contribution in [3.05, 3.63) is 46.8 Å². The average Bonchev–Trinajstić information content (AvgIpc) is 2.96. The lowest BCUT2D eigenvalue weighted by Crippen LogP contribution is -2.45. The minimum absolute atomic E-state index is 0. The number of rotatable bonds is 8. The molecule has 2 aromatic rings. The van der Waals surface area contributed by atoms with Crippen LogP contribution < -0.4 is 20.7 Å². The highest BCUT2D eigenvalue weighted by molar-refractivity contribution is 14.0. The minimum Gasteiger partial charge on any atom is -0.497 e. The minimum atomic E-state index is -0.117. The number of carbonyl (C=O) groups excluding carboxylic acids is 1. The van der Waals surface area contributed by atoms with Crippen molar-refractivity contribution in [3.63, 3.8) is 0 Å². The summed E-state index contributed by atoms with van der Waals surface area (Å²) >= 11 is 0. The van der Waals surface area contributed by atoms with E-state index in [0.717, 1.165) is 17.9 Å². The van der Waals surface area contributed by atoms with Gasteiger partial charge in [0.05, 0.1) is 12.8 Å². The molecule has 30 heavy (non-hydrogen) atoms. The van der Waals surface area contributed by atoms with Gasteiger partial charge in [0.1, 0.15) is 5.75 Å². The van der Waals surface area contributed by atoms with Gasteiger partial charge in [-0.15, -0.1) is 24.0 Å². The summed E-state index contributed by atoms with van der Waals surface area (Å²) in [7, 11) is 5.30. The smallest absolute Gasteiger partial charge is 0.251 e. The van der Waals surface area contributed by atoms with Crippen molar-refractivity contribution in [1.29, 1.82) is 0 Å². The third-order valence-electron chi connectivity index (χ3n) is 4.83. The van der Waals surface area contributed by atoms with Crippen LogP contribution in [-0.2, 0) is 13.5 Å². The summed E-state index contributed by atoms with van der Waals surface area (Å²) in [4.78, 5) is 16.4. The molecule has 1 aromatic heterocycles. The van der Waals surface area contributed by atoms with Crippen LogP contribution in [0.3, 0.4) is 0 Å². The summed E-state index contributed by atoms with van der Waals surface area (Å²) in [5.74, 6) is 1.31. The molecule has 8 nitrogen and oxygen atoms in total. The molecule has 9 heteroatoms. The highest BCUT2D eigenvalue weighted by Crippen LogP contribution is 2.14. The van der Waals surface area contributed by atoms with Crippen LogP contribution in [0.4, 0.5) is 0 Å². The molecule has 0 aliphatic carbocycles. The number of nitrogens with one attached hydrogen (secondary N) is 3. The van der Waals surface area contributed by atoms with Crippen LogP contribution in [0.25, 0.3) is 0 Å². The molecule has 2 rings (SSSR count). The van der Waals surface area contributed by atoms with Crippen LogP contribution in [-0.4, -0.2) is 54.9 Å². The van der Waals surface area contributed by atoms with Gasteiger partial charge >= 0.3 is 0 Å². The average molecular weight is 528 g/mol. The first-order chi connectivity index (χ1) is 13.8. The Bertz CT molecular complexity index is 848. The van der Waals surface area contributed by atoms with Crippen LogP contribution in [0.2, 0.25) is 0 Å². The number of amides is 1. The number of hydrogen-bond donors (Lipinski definition) is 3. The molecule has 0 spiro atoms. The van der Waals surface area contributed by atoms with Crippen LogP contribution >= 0.6 is 24.0 Å². The zero-order valence-electron chi connectivity index (χ0n) is 18.6. The van der Waals surface area contributed by atoms with E-state index in [9.17, 15) is 4.79 Å². The lowest BCUT2D eigenvalue weighted by molar-refractivity contribution is 0.0954. The van der Waals surface area contributed by atoms with E-state index in [1.165, 1.54) is 11.3 Å². The SMILES string of the molecule is CN=C(NCCNC(=O)c1ccc(OC)cc1)NC(C)Cc1c(C)nn(C)c1C.I. The predicted octanol–water partition coefficient (Wildman–Crippen LogP) is 2.19. The van der Waals surface area contributed by atoms with E-state index in [-0.39, 0.29) is 35.9 Å². The van der Waals surface area contributed by atoms with Gasteiger partial charge in [-0.25, -0.2) is 0 Å². The molecular weight excluding hydrogens is 495 g/mol. The first kappa shape index (κ1) is 25.7. The van der Waals surface area contributed by atoms with Crippen molar-refractivity contribution in [2.24, 2.45) is 12.0 Å². The molecule has 1 aromatic carbocycles. The monoisotopic (exact) mass is 528 g/mol. The van der Waals surface area contributed by atoms with Crippen molar-refractivity contribution in [3.8, 4) is 5.75 Å². The first-order valence-electron chi connectivity index (χ1n) is 9.74. The highest BCUT2D eigenvalue weighted by Gasteiger charge is 2.14. The molecule has 166 valence electrons. The maximum atomic E-state index is 12.2. The molecule has 0 bridgehead atoms. The van der Waals surface area contributed by atoms with Crippen molar-refractivity contribution >= 4 is 35.8 Å². The molecule has 1 unspecified atom stereocenters. The topological polar surface area (TPSA) is 92.6 Å². The Morgan fingerprint density at radius 3 is 2.37 bits per heavy atom. The predicted molar refractivity (Wildman–Crippen MR) is 131 cm³/mol. The summed E-state index contributed by atoms with van der Waals surface area (Å²) < 4.78 is 7.02. The molecular formula is C21H33IN6O2. The van der Waals surface area contributed by atoms with E-state index in [2.05, 4.69) is 39.9 Å². The van der Waals surface area contributed by atoms with Crippen LogP contribution in [0, 0.1) is 13.8 Å². The Labute approximate surface area is 195 Å². The van der Waals surface area contributed by atoms with E-state index in [4.69, 9.17) is 4.74 Å². The Morgan fingerprint density at radius 1 is 1.20 bits per heavy atom. The summed E-state index contributed by atoms with van der Waals surface area (Å²) in [6.07, 6.45) is 0.862. The molecule has 0 saturated carbocycles. The van der Waals surface area contributed by atoms with Crippen LogP contribution in [0.1, 0.15) is 34.2 Å². The zero-order valence-corrected chi connectivity index (χ0v) is 20.9. The fourth-order valence-electron chi connectivity index (χ4n) is 3.10. The van der Waals surface area contributed by atoms with Gasteiger partial charge in [-0.3, -0.25) is 14.5 Å². The number of carbonyl (C=O) groups is 1. The maximum Gasteiger partial charge on any atom is 0.251 e.